The van der Waals surface area contributed by atoms with E-state index in [1.165, 1.54) is 0 Å². The predicted octanol–water partition coefficient (Wildman–Crippen LogP) is 5.29. The summed E-state index contributed by atoms with van der Waals surface area (Å²) in [7, 11) is 0. The Labute approximate surface area is 191 Å². The van der Waals surface area contributed by atoms with Gasteiger partial charge in [0.2, 0.25) is 0 Å². The number of phenolic OH excluding ortho intramolecular Hbond substituents is 2. The molecule has 1 unspecified atom stereocenters. The molecule has 2 aliphatic rings. The van der Waals surface area contributed by atoms with Crippen molar-refractivity contribution in [2.75, 3.05) is 0 Å². The Kier molecular flexibility index (Phi) is 6.92. The minimum Gasteiger partial charge on any atom is -0.508 e. The molecule has 176 valence electrons. The summed E-state index contributed by atoms with van der Waals surface area (Å²) in [6.07, 6.45) is 4.61. The van der Waals surface area contributed by atoms with Gasteiger partial charge < -0.3 is 20.1 Å². The van der Waals surface area contributed by atoms with E-state index in [2.05, 4.69) is 13.8 Å². The Morgan fingerprint density at radius 3 is 2.59 bits per heavy atom. The zero-order valence-corrected chi connectivity index (χ0v) is 20.3. The van der Waals surface area contributed by atoms with Crippen LogP contribution < -0.4 is 0 Å². The molecule has 0 radical (unpaired) electrons. The molecular formula is C27H38O5. The molecule has 5 nitrogen and oxygen atoms in total. The Hall–Kier alpha value is -2.11. The lowest BCUT2D eigenvalue weighted by molar-refractivity contribution is -0.148. The van der Waals surface area contributed by atoms with E-state index in [4.69, 9.17) is 4.74 Å². The molecule has 2 bridgehead atoms. The monoisotopic (exact) mass is 442 g/mol. The van der Waals surface area contributed by atoms with Gasteiger partial charge in [-0.1, -0.05) is 25.5 Å². The average molecular weight is 443 g/mol. The van der Waals surface area contributed by atoms with Crippen molar-refractivity contribution < 1.29 is 24.9 Å². The molecule has 0 amide bonds. The number of hydrogen-bond donors (Lipinski definition) is 3. The van der Waals surface area contributed by atoms with Gasteiger partial charge in [0, 0.05) is 18.4 Å². The van der Waals surface area contributed by atoms with Crippen molar-refractivity contribution in [3.05, 3.63) is 46.1 Å². The van der Waals surface area contributed by atoms with Crippen molar-refractivity contribution >= 4 is 5.78 Å². The number of carbonyl (C=O) groups excluding carboxylic acids is 1. The highest BCUT2D eigenvalue weighted by atomic mass is 16.5. The van der Waals surface area contributed by atoms with Gasteiger partial charge in [0.15, 0.2) is 5.78 Å². The third kappa shape index (κ3) is 5.10. The summed E-state index contributed by atoms with van der Waals surface area (Å²) >= 11 is 0. The third-order valence-corrected chi connectivity index (χ3v) is 7.10. The maximum absolute atomic E-state index is 13.1. The summed E-state index contributed by atoms with van der Waals surface area (Å²) in [6, 6.07) is 3.12. The second-order valence-electron chi connectivity index (χ2n) is 10.8. The largest absolute Gasteiger partial charge is 0.508 e. The molecule has 5 heteroatoms. The number of phenols is 2. The fraction of sp³-hybridized carbons (Fsp3) is 0.593. The number of benzene rings is 1. The van der Waals surface area contributed by atoms with Crippen molar-refractivity contribution in [1.29, 1.82) is 0 Å². The number of hydrogen-bond acceptors (Lipinski definition) is 5. The van der Waals surface area contributed by atoms with Crippen molar-refractivity contribution in [2.24, 2.45) is 5.41 Å². The molecule has 1 heterocycles. The maximum Gasteiger partial charge on any atom is 0.159 e. The molecule has 0 spiro atoms. The van der Waals surface area contributed by atoms with Crippen molar-refractivity contribution in [2.45, 2.75) is 97.9 Å². The number of ketones is 1. The molecule has 0 fully saturated rings. The normalized spacial score (nSPS) is 25.8. The predicted molar refractivity (Wildman–Crippen MR) is 126 cm³/mol. The smallest absolute Gasteiger partial charge is 0.159 e. The van der Waals surface area contributed by atoms with E-state index in [1.807, 2.05) is 26.8 Å². The first-order valence-corrected chi connectivity index (χ1v) is 11.6. The molecule has 1 aromatic rings. The molecule has 3 rings (SSSR count). The average Bonchev–Trinajstić information content (AvgIpc) is 2.79. The minimum atomic E-state index is -0.748. The second-order valence-corrected chi connectivity index (χ2v) is 10.8. The van der Waals surface area contributed by atoms with Crippen molar-refractivity contribution in [1.82, 2.24) is 0 Å². The first-order valence-electron chi connectivity index (χ1n) is 11.6. The summed E-state index contributed by atoms with van der Waals surface area (Å²) in [5, 5.41) is 31.1. The van der Waals surface area contributed by atoms with E-state index in [-0.39, 0.29) is 28.8 Å². The number of rotatable bonds is 4. The van der Waals surface area contributed by atoms with Gasteiger partial charge in [-0.2, -0.15) is 0 Å². The van der Waals surface area contributed by atoms with E-state index in [9.17, 15) is 20.1 Å². The second kappa shape index (κ2) is 9.03. The molecule has 3 N–H and O–H groups in total. The number of aliphatic hydroxyl groups is 1. The Bertz CT molecular complexity index is 951. The zero-order chi connectivity index (χ0) is 23.8. The summed E-state index contributed by atoms with van der Waals surface area (Å²) in [5.74, 6) is 0.446. The summed E-state index contributed by atoms with van der Waals surface area (Å²) in [6.45, 7) is 12.0. The molecule has 1 aliphatic carbocycles. The standard InChI is InChI=1S/C27H38O5/c1-16(9-10-18-14-19(28)13-17(2)24(18)31)12-21-20-15-23(30)27(5,6)32-25(21)26(3,4)11-7-8-22(20)29/h9,13-14,23,25,28,30-31H,7-8,10-12,15H2,1-6H3/b16-9-/t23-,25?/m0/s1. The number of fused-ring (bicyclic) bond motifs is 1. The minimum absolute atomic E-state index is 0.120. The van der Waals surface area contributed by atoms with Crippen molar-refractivity contribution in [3.8, 4) is 11.5 Å². The lowest BCUT2D eigenvalue weighted by Crippen LogP contribution is -2.45. The van der Waals surface area contributed by atoms with Gasteiger partial charge in [-0.15, -0.1) is 0 Å². The molecule has 2 atom stereocenters. The van der Waals surface area contributed by atoms with Gasteiger partial charge in [-0.25, -0.2) is 0 Å². The number of aryl methyl sites for hydroxylation is 1. The van der Waals surface area contributed by atoms with E-state index in [0.29, 0.717) is 36.8 Å². The highest BCUT2D eigenvalue weighted by Gasteiger charge is 2.45. The molecule has 0 saturated heterocycles. The Balaban J connectivity index is 1.98. The highest BCUT2D eigenvalue weighted by molar-refractivity contribution is 5.96. The Morgan fingerprint density at radius 1 is 1.22 bits per heavy atom. The fourth-order valence-electron chi connectivity index (χ4n) is 4.94. The van der Waals surface area contributed by atoms with Gasteiger partial charge in [-0.3, -0.25) is 4.79 Å². The van der Waals surface area contributed by atoms with Crippen LogP contribution in [0, 0.1) is 12.3 Å². The van der Waals surface area contributed by atoms with Crippen LogP contribution in [0.4, 0.5) is 0 Å². The highest BCUT2D eigenvalue weighted by Crippen LogP contribution is 2.45. The first kappa shape index (κ1) is 24.5. The summed E-state index contributed by atoms with van der Waals surface area (Å²) in [4.78, 5) is 13.1. The molecule has 0 aromatic heterocycles. The van der Waals surface area contributed by atoms with Crippen LogP contribution in [0.15, 0.2) is 34.9 Å². The fourth-order valence-corrected chi connectivity index (χ4v) is 4.94. The van der Waals surface area contributed by atoms with Crippen molar-refractivity contribution in [3.63, 3.8) is 0 Å². The van der Waals surface area contributed by atoms with Gasteiger partial charge in [-0.05, 0) is 87.6 Å². The van der Waals surface area contributed by atoms with Crippen LogP contribution in [-0.4, -0.2) is 38.9 Å². The maximum atomic E-state index is 13.1. The molecule has 32 heavy (non-hydrogen) atoms. The van der Waals surface area contributed by atoms with Crippen LogP contribution >= 0.6 is 0 Å². The number of allylic oxidation sites excluding steroid dienone is 2. The number of carbonyl (C=O) groups is 1. The van der Waals surface area contributed by atoms with E-state index in [1.54, 1.807) is 19.1 Å². The topological polar surface area (TPSA) is 87.0 Å². The SMILES string of the molecule is C/C(=C/Cc1cc(O)cc(C)c1O)CC1=C2C[C@H](O)C(C)(C)OC1C(C)(C)CCCC2=O. The van der Waals surface area contributed by atoms with Crippen LogP contribution in [-0.2, 0) is 16.0 Å². The quantitative estimate of drug-likeness (QED) is 0.436. The van der Waals surface area contributed by atoms with E-state index >= 15 is 0 Å². The van der Waals surface area contributed by atoms with Crippen LogP contribution in [0.2, 0.25) is 0 Å². The molecule has 1 aromatic carbocycles. The summed E-state index contributed by atoms with van der Waals surface area (Å²) < 4.78 is 6.55. The first-order chi connectivity index (χ1) is 14.8. The molecular weight excluding hydrogens is 404 g/mol. The van der Waals surface area contributed by atoms with Crippen LogP contribution in [0.3, 0.4) is 0 Å². The van der Waals surface area contributed by atoms with E-state index < -0.39 is 11.7 Å². The van der Waals surface area contributed by atoms with Crippen LogP contribution in [0.1, 0.15) is 77.8 Å². The number of aliphatic hydroxyl groups excluding tert-OH is 1. The van der Waals surface area contributed by atoms with Crippen LogP contribution in [0.25, 0.3) is 0 Å². The number of ether oxygens (including phenoxy) is 1. The zero-order valence-electron chi connectivity index (χ0n) is 20.3. The van der Waals surface area contributed by atoms with E-state index in [0.717, 1.165) is 29.6 Å². The Morgan fingerprint density at radius 2 is 1.91 bits per heavy atom. The lowest BCUT2D eigenvalue weighted by atomic mass is 9.72. The van der Waals surface area contributed by atoms with Gasteiger partial charge >= 0.3 is 0 Å². The van der Waals surface area contributed by atoms with Gasteiger partial charge in [0.1, 0.15) is 11.5 Å². The lowest BCUT2D eigenvalue weighted by Gasteiger charge is -2.41. The summed E-state index contributed by atoms with van der Waals surface area (Å²) in [5.41, 5.74) is 3.16. The van der Waals surface area contributed by atoms with Gasteiger partial charge in [0.25, 0.3) is 0 Å². The number of aromatic hydroxyl groups is 2. The molecule has 0 saturated carbocycles. The van der Waals surface area contributed by atoms with Gasteiger partial charge in [0.05, 0.1) is 17.8 Å². The number of Topliss-reactive ketones (excluding diaryl/α,β-unsaturated/α-hetero) is 1. The van der Waals surface area contributed by atoms with Crippen LogP contribution in [0.5, 0.6) is 11.5 Å². The third-order valence-electron chi connectivity index (χ3n) is 7.10. The molecule has 1 aliphatic heterocycles.